The Hall–Kier alpha value is 2.01. The molecule has 0 unspecified atom stereocenters. The second kappa shape index (κ2) is 20.0. The summed E-state index contributed by atoms with van der Waals surface area (Å²) in [4.78, 5) is 0. The normalized spacial score (nSPS) is 0. The van der Waals surface area contributed by atoms with Crippen LogP contribution in [0, 0.1) is 0 Å². The first kappa shape index (κ1) is 37.4. The van der Waals surface area contributed by atoms with Gasteiger partial charge in [-0.2, -0.15) is 0 Å². The van der Waals surface area contributed by atoms with E-state index in [9.17, 15) is 0 Å². The van der Waals surface area contributed by atoms with Crippen molar-refractivity contribution in [2.24, 2.45) is 0 Å². The fourth-order valence-electron chi connectivity index (χ4n) is 0. The number of hydrogen-bond acceptors (Lipinski definition) is 0. The van der Waals surface area contributed by atoms with Crippen LogP contribution >= 0.6 is 0 Å². The summed E-state index contributed by atoms with van der Waals surface area (Å²) in [6.07, 6.45) is 0. The first-order valence-electron chi connectivity index (χ1n) is 0. The smallest absolute Gasteiger partial charge is 0 e. The van der Waals surface area contributed by atoms with Crippen LogP contribution in [0.1, 0.15) is 0 Å². The molecule has 0 aliphatic carbocycles. The predicted octanol–water partition coefficient (Wildman–Crippen LogP) is -1.75. The van der Waals surface area contributed by atoms with Crippen LogP contribution in [-0.4, -0.2) is 29.4 Å². The molecule has 4 heavy (non-hydrogen) atoms. The van der Waals surface area contributed by atoms with Gasteiger partial charge in [0.1, 0.15) is 0 Å². The Balaban J connectivity index is 0. The van der Waals surface area contributed by atoms with Crippen molar-refractivity contribution in [2.45, 2.75) is 0 Å². The summed E-state index contributed by atoms with van der Waals surface area (Å²) >= 11 is 0. The Bertz CT molecular complexity index is 6.00. The van der Waals surface area contributed by atoms with Crippen molar-refractivity contribution >= 4 is 23.9 Å². The molecule has 0 saturated carbocycles. The van der Waals surface area contributed by atoms with Crippen LogP contribution in [0.25, 0.3) is 0 Å². The van der Waals surface area contributed by atoms with Gasteiger partial charge in [0.05, 0.1) is 0 Å². The van der Waals surface area contributed by atoms with Gasteiger partial charge in [-0.15, -0.1) is 0 Å². The number of rotatable bonds is 0. The Morgan fingerprint density at radius 3 is 0.750 bits per heavy atom. The average molecular weight is 270 g/mol. The fourth-order valence-corrected chi connectivity index (χ4v) is 0. The molecule has 0 heterocycles. The SMILES string of the molecule is O.[SnH2].[Zn].[Zn]. The van der Waals surface area contributed by atoms with Crippen LogP contribution in [0.4, 0.5) is 0 Å². The average Bonchev–Trinajstić information content (AvgIpc) is 0. The molecule has 4 heteroatoms. The summed E-state index contributed by atoms with van der Waals surface area (Å²) in [5.41, 5.74) is 0. The Morgan fingerprint density at radius 2 is 0.750 bits per heavy atom. The molecule has 0 aromatic carbocycles. The van der Waals surface area contributed by atoms with Gasteiger partial charge in [0, 0.05) is 39.0 Å². The van der Waals surface area contributed by atoms with Crippen LogP contribution in [0.5, 0.6) is 0 Å². The van der Waals surface area contributed by atoms with E-state index in [4.69, 9.17) is 0 Å². The summed E-state index contributed by atoms with van der Waals surface area (Å²) in [6.45, 7) is 0. The first-order chi connectivity index (χ1) is 0. The molecule has 2 radical (unpaired) electrons. The maximum Gasteiger partial charge on any atom is 0 e. The van der Waals surface area contributed by atoms with Crippen LogP contribution in [0.3, 0.4) is 0 Å². The summed E-state index contributed by atoms with van der Waals surface area (Å²) in [5.74, 6) is 0. The van der Waals surface area contributed by atoms with Gasteiger partial charge in [-0.25, -0.2) is 0 Å². The molecule has 2 N–H and O–H groups in total. The third-order valence-corrected chi connectivity index (χ3v) is 0. The first-order valence-corrected chi connectivity index (χ1v) is 0. The second-order valence-electron chi connectivity index (χ2n) is 0. The summed E-state index contributed by atoms with van der Waals surface area (Å²) < 4.78 is 0. The van der Waals surface area contributed by atoms with E-state index in [0.717, 1.165) is 0 Å². The third-order valence-electron chi connectivity index (χ3n) is 0. The molecule has 0 aliphatic heterocycles. The molecule has 0 spiro atoms. The second-order valence-corrected chi connectivity index (χ2v) is 0. The minimum absolute atomic E-state index is 0. The van der Waals surface area contributed by atoms with E-state index in [1.54, 1.807) is 0 Å². The Morgan fingerprint density at radius 1 is 0.750 bits per heavy atom. The van der Waals surface area contributed by atoms with Gasteiger partial charge >= 0.3 is 23.9 Å². The van der Waals surface area contributed by atoms with E-state index in [1.807, 2.05) is 0 Å². The molecule has 0 aliphatic rings. The molecule has 0 amide bonds. The molecule has 0 saturated heterocycles. The maximum atomic E-state index is 0. The minimum Gasteiger partial charge on any atom is 0 e. The predicted molar refractivity (Wildman–Crippen MR) is 12.2 cm³/mol. The minimum atomic E-state index is 0. The van der Waals surface area contributed by atoms with Gasteiger partial charge in [0.25, 0.3) is 0 Å². The van der Waals surface area contributed by atoms with Gasteiger partial charge in [0.15, 0.2) is 0 Å². The quantitative estimate of drug-likeness (QED) is 0.468. The third kappa shape index (κ3) is 9.00. The zero-order valence-electron chi connectivity index (χ0n) is 2.62. The summed E-state index contributed by atoms with van der Waals surface area (Å²) in [7, 11) is 0. The van der Waals surface area contributed by atoms with Crippen molar-refractivity contribution in [2.75, 3.05) is 0 Å². The van der Waals surface area contributed by atoms with E-state index in [-0.39, 0.29) is 68.3 Å². The van der Waals surface area contributed by atoms with Gasteiger partial charge in [-0.3, -0.25) is 0 Å². The molecule has 0 atom stereocenters. The van der Waals surface area contributed by atoms with Crippen molar-refractivity contribution in [3.63, 3.8) is 0 Å². The van der Waals surface area contributed by atoms with Gasteiger partial charge in [-0.1, -0.05) is 0 Å². The van der Waals surface area contributed by atoms with Crippen molar-refractivity contribution in [1.29, 1.82) is 0 Å². The molecular weight excluding hydrogens is 265 g/mol. The number of hydrogen-bond donors (Lipinski definition) is 0. The molecule has 0 rings (SSSR count). The standard InChI is InChI=1S/H2O.Sn.2Zn.2H/h1H2;;;;;. The van der Waals surface area contributed by atoms with Crippen LogP contribution < -0.4 is 0 Å². The molecule has 0 fully saturated rings. The van der Waals surface area contributed by atoms with Gasteiger partial charge in [-0.05, 0) is 0 Å². The van der Waals surface area contributed by atoms with E-state index >= 15 is 0 Å². The Kier molecular flexibility index (Phi) is 187. The maximum absolute atomic E-state index is 0. The zero-order chi connectivity index (χ0) is 0. The van der Waals surface area contributed by atoms with Crippen molar-refractivity contribution < 1.29 is 44.4 Å². The topological polar surface area (TPSA) is 31.5 Å². The van der Waals surface area contributed by atoms with E-state index in [1.165, 1.54) is 0 Å². The summed E-state index contributed by atoms with van der Waals surface area (Å²) in [5, 5.41) is 0. The van der Waals surface area contributed by atoms with Crippen LogP contribution in [-0.2, 0) is 39.0 Å². The molecular formula is H4OSnZn2. The molecule has 0 bridgehead atoms. The van der Waals surface area contributed by atoms with Gasteiger partial charge in [0.2, 0.25) is 0 Å². The molecule has 1 nitrogen and oxygen atoms in total. The molecule has 0 aromatic heterocycles. The van der Waals surface area contributed by atoms with Crippen LogP contribution in [0.2, 0.25) is 0 Å². The molecule has 0 aromatic rings. The van der Waals surface area contributed by atoms with E-state index in [2.05, 4.69) is 0 Å². The van der Waals surface area contributed by atoms with Crippen molar-refractivity contribution in [1.82, 2.24) is 0 Å². The van der Waals surface area contributed by atoms with Gasteiger partial charge < -0.3 is 5.48 Å². The van der Waals surface area contributed by atoms with E-state index in [0.29, 0.717) is 0 Å². The van der Waals surface area contributed by atoms with Crippen LogP contribution in [0.15, 0.2) is 0 Å². The Labute approximate surface area is 67.7 Å². The summed E-state index contributed by atoms with van der Waals surface area (Å²) in [6, 6.07) is 0. The molecule has 18 valence electrons. The van der Waals surface area contributed by atoms with Crippen molar-refractivity contribution in [3.05, 3.63) is 0 Å². The monoisotopic (exact) mass is 268 g/mol. The zero-order valence-corrected chi connectivity index (χ0v) is 12.6. The van der Waals surface area contributed by atoms with Crippen molar-refractivity contribution in [3.8, 4) is 0 Å². The largest absolute Gasteiger partial charge is 0 e. The van der Waals surface area contributed by atoms with E-state index < -0.39 is 0 Å². The fraction of sp³-hybridized carbons (Fsp3) is 0.